The highest BCUT2D eigenvalue weighted by Crippen LogP contribution is 2.31. The van der Waals surface area contributed by atoms with Crippen LogP contribution in [0.2, 0.25) is 5.02 Å². The first-order chi connectivity index (χ1) is 13.5. The van der Waals surface area contributed by atoms with E-state index in [1.165, 1.54) is 7.11 Å². The molecule has 0 saturated heterocycles. The van der Waals surface area contributed by atoms with Gasteiger partial charge in [0.15, 0.2) is 0 Å². The third-order valence-electron chi connectivity index (χ3n) is 5.09. The molecule has 0 bridgehead atoms. The van der Waals surface area contributed by atoms with E-state index in [9.17, 15) is 9.59 Å². The lowest BCUT2D eigenvalue weighted by molar-refractivity contribution is 0.0600. The Balaban J connectivity index is 1.69. The number of thioether (sulfide) groups is 1. The molecule has 1 aliphatic rings. The van der Waals surface area contributed by atoms with Crippen LogP contribution < -0.4 is 0 Å². The van der Waals surface area contributed by atoms with E-state index in [1.54, 1.807) is 23.9 Å². The molecule has 0 aliphatic carbocycles. The van der Waals surface area contributed by atoms with Crippen molar-refractivity contribution in [1.82, 2.24) is 9.88 Å². The molecule has 2 heterocycles. The van der Waals surface area contributed by atoms with Crippen molar-refractivity contribution in [3.63, 3.8) is 0 Å². The van der Waals surface area contributed by atoms with Crippen LogP contribution >= 0.6 is 23.4 Å². The number of ether oxygens (including phenoxy) is 1. The van der Waals surface area contributed by atoms with E-state index >= 15 is 0 Å². The van der Waals surface area contributed by atoms with Crippen LogP contribution in [0.3, 0.4) is 0 Å². The van der Waals surface area contributed by atoms with Gasteiger partial charge in [-0.2, -0.15) is 0 Å². The van der Waals surface area contributed by atoms with Crippen LogP contribution in [0.1, 0.15) is 32.0 Å². The number of rotatable bonds is 3. The van der Waals surface area contributed by atoms with Crippen molar-refractivity contribution in [3.05, 3.63) is 63.8 Å². The summed E-state index contributed by atoms with van der Waals surface area (Å²) in [6.07, 6.45) is 2.69. The van der Waals surface area contributed by atoms with E-state index in [4.69, 9.17) is 16.3 Å². The number of hydrogen-bond acceptors (Lipinski definition) is 4. The van der Waals surface area contributed by atoms with Crippen molar-refractivity contribution < 1.29 is 14.3 Å². The van der Waals surface area contributed by atoms with Crippen LogP contribution in [0.25, 0.3) is 10.9 Å². The van der Waals surface area contributed by atoms with Gasteiger partial charge < -0.3 is 14.6 Å². The van der Waals surface area contributed by atoms with Gasteiger partial charge in [-0.1, -0.05) is 11.6 Å². The minimum absolute atomic E-state index is 0.0787. The standard InChI is InChI=1S/C21H19ClN2O3S/c1-27-21(26)12-3-6-18-14(9-12)16-11-24(8-7-19(16)23-18)20(25)15-10-13(28-2)4-5-17(15)22/h3-6,9-10,23H,7-8,11H2,1-2H3. The molecule has 0 unspecified atom stereocenters. The molecule has 0 fully saturated rings. The minimum Gasteiger partial charge on any atom is -0.465 e. The molecule has 4 rings (SSSR count). The fourth-order valence-electron chi connectivity index (χ4n) is 3.60. The Kier molecular flexibility index (Phi) is 5.08. The maximum absolute atomic E-state index is 13.1. The van der Waals surface area contributed by atoms with Crippen LogP contribution in [0, 0.1) is 0 Å². The fraction of sp³-hybridized carbons (Fsp3) is 0.238. The number of H-pyrrole nitrogens is 1. The molecular weight excluding hydrogens is 396 g/mol. The maximum atomic E-state index is 13.1. The predicted molar refractivity (Wildman–Crippen MR) is 111 cm³/mol. The lowest BCUT2D eigenvalue weighted by Crippen LogP contribution is -2.36. The van der Waals surface area contributed by atoms with E-state index in [2.05, 4.69) is 4.98 Å². The molecular formula is C21H19ClN2O3S. The Hall–Kier alpha value is -2.44. The summed E-state index contributed by atoms with van der Waals surface area (Å²) in [5.74, 6) is -0.453. The number of methoxy groups -OCH3 is 1. The van der Waals surface area contributed by atoms with E-state index in [0.717, 1.165) is 33.5 Å². The summed E-state index contributed by atoms with van der Waals surface area (Å²) < 4.78 is 4.83. The highest BCUT2D eigenvalue weighted by Gasteiger charge is 2.26. The highest BCUT2D eigenvalue weighted by molar-refractivity contribution is 7.98. The summed E-state index contributed by atoms with van der Waals surface area (Å²) in [5, 5.41) is 1.40. The van der Waals surface area contributed by atoms with Gasteiger partial charge in [0.05, 0.1) is 23.3 Å². The fourth-order valence-corrected chi connectivity index (χ4v) is 4.24. The molecule has 1 amide bonds. The molecule has 0 atom stereocenters. The monoisotopic (exact) mass is 414 g/mol. The zero-order valence-electron chi connectivity index (χ0n) is 15.5. The van der Waals surface area contributed by atoms with Crippen LogP contribution in [0.4, 0.5) is 0 Å². The molecule has 7 heteroatoms. The summed E-state index contributed by atoms with van der Waals surface area (Å²) in [6, 6.07) is 11.0. The van der Waals surface area contributed by atoms with Gasteiger partial charge in [0.1, 0.15) is 0 Å². The van der Waals surface area contributed by atoms with Crippen molar-refractivity contribution in [2.45, 2.75) is 17.9 Å². The summed E-state index contributed by atoms with van der Waals surface area (Å²) in [7, 11) is 1.37. The number of halogens is 1. The first-order valence-corrected chi connectivity index (χ1v) is 10.5. The second kappa shape index (κ2) is 7.53. The van der Waals surface area contributed by atoms with Gasteiger partial charge in [-0.15, -0.1) is 11.8 Å². The van der Waals surface area contributed by atoms with Crippen molar-refractivity contribution in [2.24, 2.45) is 0 Å². The molecule has 0 saturated carbocycles. The average molecular weight is 415 g/mol. The minimum atomic E-state index is -0.374. The van der Waals surface area contributed by atoms with E-state index in [0.29, 0.717) is 29.2 Å². The number of nitrogens with zero attached hydrogens (tertiary/aromatic N) is 1. The van der Waals surface area contributed by atoms with Crippen molar-refractivity contribution in [3.8, 4) is 0 Å². The van der Waals surface area contributed by atoms with Crippen LogP contribution in [0.5, 0.6) is 0 Å². The van der Waals surface area contributed by atoms with Gasteiger partial charge in [0.2, 0.25) is 0 Å². The lowest BCUT2D eigenvalue weighted by atomic mass is 10.0. The number of benzene rings is 2. The summed E-state index contributed by atoms with van der Waals surface area (Å²) in [4.78, 5) is 31.2. The molecule has 1 N–H and O–H groups in total. The first kappa shape index (κ1) is 18.9. The van der Waals surface area contributed by atoms with Crippen molar-refractivity contribution in [1.29, 1.82) is 0 Å². The number of carbonyl (C=O) groups excluding carboxylic acids is 2. The SMILES string of the molecule is COC(=O)c1ccc2[nH]c3c(c2c1)CN(C(=O)c1cc(SC)ccc1Cl)CC3. The quantitative estimate of drug-likeness (QED) is 0.505. The van der Waals surface area contributed by atoms with E-state index in [-0.39, 0.29) is 11.9 Å². The van der Waals surface area contributed by atoms with Gasteiger partial charge >= 0.3 is 5.97 Å². The molecule has 144 valence electrons. The number of amides is 1. The Labute approximate surface area is 172 Å². The third kappa shape index (κ3) is 3.27. The smallest absolute Gasteiger partial charge is 0.337 e. The predicted octanol–water partition coefficient (Wildman–Crippen LogP) is 4.53. The molecule has 1 aliphatic heterocycles. The number of carbonyl (C=O) groups is 2. The van der Waals surface area contributed by atoms with Crippen molar-refractivity contribution in [2.75, 3.05) is 19.9 Å². The number of fused-ring (bicyclic) bond motifs is 3. The third-order valence-corrected chi connectivity index (χ3v) is 6.14. The second-order valence-electron chi connectivity index (χ2n) is 6.66. The normalized spacial score (nSPS) is 13.5. The van der Waals surface area contributed by atoms with E-state index < -0.39 is 0 Å². The molecule has 2 aromatic carbocycles. The zero-order valence-corrected chi connectivity index (χ0v) is 17.1. The molecule has 5 nitrogen and oxygen atoms in total. The largest absolute Gasteiger partial charge is 0.465 e. The number of nitrogens with one attached hydrogen (secondary N) is 1. The van der Waals surface area contributed by atoms with Crippen LogP contribution in [-0.2, 0) is 17.7 Å². The van der Waals surface area contributed by atoms with Crippen LogP contribution in [0.15, 0.2) is 41.3 Å². The number of hydrogen-bond donors (Lipinski definition) is 1. The van der Waals surface area contributed by atoms with Gasteiger partial charge in [-0.3, -0.25) is 4.79 Å². The average Bonchev–Trinajstić information content (AvgIpc) is 3.10. The summed E-state index contributed by atoms with van der Waals surface area (Å²) >= 11 is 7.87. The number of esters is 1. The molecule has 1 aromatic heterocycles. The van der Waals surface area contributed by atoms with Crippen molar-refractivity contribution >= 4 is 46.1 Å². The number of aromatic nitrogens is 1. The Morgan fingerprint density at radius 1 is 1.21 bits per heavy atom. The van der Waals surface area contributed by atoms with Gasteiger partial charge in [-0.25, -0.2) is 4.79 Å². The zero-order chi connectivity index (χ0) is 19.8. The maximum Gasteiger partial charge on any atom is 0.337 e. The summed E-state index contributed by atoms with van der Waals surface area (Å²) in [5.41, 5.74) is 4.11. The molecule has 0 radical (unpaired) electrons. The van der Waals surface area contributed by atoms with E-state index in [1.807, 2.05) is 35.4 Å². The molecule has 28 heavy (non-hydrogen) atoms. The topological polar surface area (TPSA) is 62.4 Å². The van der Waals surface area contributed by atoms with Gasteiger partial charge in [0, 0.05) is 46.6 Å². The Morgan fingerprint density at radius 2 is 2.04 bits per heavy atom. The number of aromatic amines is 1. The second-order valence-corrected chi connectivity index (χ2v) is 7.94. The lowest BCUT2D eigenvalue weighted by Gasteiger charge is -2.28. The van der Waals surface area contributed by atoms with Gasteiger partial charge in [-0.05, 0) is 42.7 Å². The highest BCUT2D eigenvalue weighted by atomic mass is 35.5. The first-order valence-electron chi connectivity index (χ1n) is 8.86. The molecule has 0 spiro atoms. The van der Waals surface area contributed by atoms with Crippen LogP contribution in [-0.4, -0.2) is 41.7 Å². The van der Waals surface area contributed by atoms with Gasteiger partial charge in [0.25, 0.3) is 5.91 Å². The Morgan fingerprint density at radius 3 is 2.79 bits per heavy atom. The summed E-state index contributed by atoms with van der Waals surface area (Å²) in [6.45, 7) is 1.08. The molecule has 3 aromatic rings. The Bertz CT molecular complexity index is 1090.